The molecular weight excluding hydrogens is 344 g/mol. The fourth-order valence-corrected chi connectivity index (χ4v) is 4.23. The quantitative estimate of drug-likeness (QED) is 0.816. The number of benzene rings is 1. The van der Waals surface area contributed by atoms with Gasteiger partial charge in [0.05, 0.1) is 16.9 Å². The van der Waals surface area contributed by atoms with E-state index in [0.29, 0.717) is 13.0 Å². The number of nitrogens with zero attached hydrogens (tertiary/aromatic N) is 2. The maximum Gasteiger partial charge on any atom is 0.311 e. The van der Waals surface area contributed by atoms with Crippen molar-refractivity contribution in [3.63, 3.8) is 0 Å². The zero-order valence-corrected chi connectivity index (χ0v) is 15.5. The highest BCUT2D eigenvalue weighted by Crippen LogP contribution is 2.38. The maximum atomic E-state index is 12.5. The predicted molar refractivity (Wildman–Crippen MR) is 92.4 cm³/mol. The summed E-state index contributed by atoms with van der Waals surface area (Å²) in [4.78, 5) is 25.7. The Hall–Kier alpha value is -1.93. The number of carbonyl (C=O) groups is 2. The van der Waals surface area contributed by atoms with Crippen molar-refractivity contribution in [3.05, 3.63) is 30.3 Å². The third-order valence-corrected chi connectivity index (χ3v) is 6.81. The van der Waals surface area contributed by atoms with Crippen molar-refractivity contribution >= 4 is 21.9 Å². The average molecular weight is 368 g/mol. The Kier molecular flexibility index (Phi) is 5.53. The highest BCUT2D eigenvalue weighted by atomic mass is 32.2. The molecule has 0 aromatic heterocycles. The number of aliphatic carboxylic acids is 1. The zero-order valence-electron chi connectivity index (χ0n) is 14.7. The Balaban J connectivity index is 2.09. The van der Waals surface area contributed by atoms with Crippen LogP contribution in [0.3, 0.4) is 0 Å². The molecule has 7 nitrogen and oxygen atoms in total. The highest BCUT2D eigenvalue weighted by Gasteiger charge is 2.48. The van der Waals surface area contributed by atoms with E-state index < -0.39 is 21.4 Å². The third-order valence-electron chi connectivity index (χ3n) is 4.99. The summed E-state index contributed by atoms with van der Waals surface area (Å²) in [6, 6.07) is 7.90. The summed E-state index contributed by atoms with van der Waals surface area (Å²) in [6.07, 6.45) is 0.376. The Morgan fingerprint density at radius 3 is 2.36 bits per heavy atom. The molecule has 1 aliphatic heterocycles. The molecule has 0 radical (unpaired) electrons. The van der Waals surface area contributed by atoms with E-state index >= 15 is 0 Å². The third kappa shape index (κ3) is 3.69. The summed E-state index contributed by atoms with van der Waals surface area (Å²) in [5.41, 5.74) is -0.966. The van der Waals surface area contributed by atoms with Crippen LogP contribution in [0.5, 0.6) is 0 Å². The van der Waals surface area contributed by atoms with Crippen LogP contribution in [0.15, 0.2) is 35.2 Å². The van der Waals surface area contributed by atoms with Crippen LogP contribution in [-0.4, -0.2) is 61.3 Å². The van der Waals surface area contributed by atoms with Crippen LogP contribution in [0.2, 0.25) is 0 Å². The molecule has 2 rings (SSSR count). The number of sulfonamides is 1. The Labute approximate surface area is 148 Å². The van der Waals surface area contributed by atoms with Gasteiger partial charge >= 0.3 is 5.97 Å². The van der Waals surface area contributed by atoms with Gasteiger partial charge in [0.2, 0.25) is 15.9 Å². The van der Waals surface area contributed by atoms with Gasteiger partial charge in [0, 0.05) is 20.1 Å². The van der Waals surface area contributed by atoms with Gasteiger partial charge in [-0.25, -0.2) is 8.42 Å². The fourth-order valence-electron chi connectivity index (χ4n) is 3.09. The molecule has 1 N–H and O–H groups in total. The van der Waals surface area contributed by atoms with Gasteiger partial charge in [-0.3, -0.25) is 9.59 Å². The van der Waals surface area contributed by atoms with E-state index in [2.05, 4.69) is 0 Å². The molecule has 1 aromatic carbocycles. The largest absolute Gasteiger partial charge is 0.481 e. The number of likely N-dealkylation sites (N-methyl/N-ethyl adjacent to an activating group) is 1. The van der Waals surface area contributed by atoms with Crippen molar-refractivity contribution < 1.29 is 23.1 Å². The molecule has 0 aliphatic carbocycles. The van der Waals surface area contributed by atoms with Crippen molar-refractivity contribution in [2.75, 3.05) is 26.7 Å². The van der Waals surface area contributed by atoms with Gasteiger partial charge < -0.3 is 10.0 Å². The summed E-state index contributed by atoms with van der Waals surface area (Å²) in [5.74, 6) is -1.41. The van der Waals surface area contributed by atoms with Crippen molar-refractivity contribution in [2.24, 2.45) is 11.3 Å². The maximum absolute atomic E-state index is 12.5. The van der Waals surface area contributed by atoms with E-state index in [1.165, 1.54) is 24.1 Å². The van der Waals surface area contributed by atoms with Gasteiger partial charge in [0.15, 0.2) is 0 Å². The standard InChI is InChI=1S/C17H24N2O5S/c1-13(2)17(16(21)22)9-10-19(12-17)15(20)11-18(3)25(23,24)14-7-5-4-6-8-14/h4-8,13H,9-12H2,1-3H3,(H,21,22). The van der Waals surface area contributed by atoms with E-state index in [0.717, 1.165) is 4.31 Å². The first-order valence-corrected chi connectivity index (χ1v) is 9.58. The van der Waals surface area contributed by atoms with E-state index in [4.69, 9.17) is 0 Å². The topological polar surface area (TPSA) is 95.0 Å². The van der Waals surface area contributed by atoms with Gasteiger partial charge in [0.25, 0.3) is 0 Å². The second-order valence-corrected chi connectivity index (χ2v) is 8.80. The first kappa shape index (κ1) is 19.4. The van der Waals surface area contributed by atoms with E-state index in [9.17, 15) is 23.1 Å². The number of amides is 1. The molecule has 0 saturated carbocycles. The lowest BCUT2D eigenvalue weighted by atomic mass is 9.76. The molecule has 1 unspecified atom stereocenters. The van der Waals surface area contributed by atoms with Gasteiger partial charge in [0.1, 0.15) is 0 Å². The molecule has 138 valence electrons. The molecule has 0 spiro atoms. The fraction of sp³-hybridized carbons (Fsp3) is 0.529. The summed E-state index contributed by atoms with van der Waals surface area (Å²) < 4.78 is 26.0. The average Bonchev–Trinajstić information content (AvgIpc) is 3.02. The molecule has 1 aromatic rings. The number of hydrogen-bond acceptors (Lipinski definition) is 4. The Bertz CT molecular complexity index is 748. The van der Waals surface area contributed by atoms with Crippen molar-refractivity contribution in [3.8, 4) is 0 Å². The second-order valence-electron chi connectivity index (χ2n) is 6.76. The minimum Gasteiger partial charge on any atom is -0.481 e. The Morgan fingerprint density at radius 1 is 1.28 bits per heavy atom. The number of rotatable bonds is 6. The van der Waals surface area contributed by atoms with Crippen LogP contribution in [0.1, 0.15) is 20.3 Å². The molecule has 1 fully saturated rings. The first-order chi connectivity index (χ1) is 11.6. The predicted octanol–water partition coefficient (Wildman–Crippen LogP) is 1.27. The highest BCUT2D eigenvalue weighted by molar-refractivity contribution is 7.89. The lowest BCUT2D eigenvalue weighted by molar-refractivity contribution is -0.151. The first-order valence-electron chi connectivity index (χ1n) is 8.14. The number of carboxylic acids is 1. The smallest absolute Gasteiger partial charge is 0.311 e. The van der Waals surface area contributed by atoms with E-state index in [1.807, 2.05) is 13.8 Å². The summed E-state index contributed by atoms with van der Waals surface area (Å²) in [6.45, 7) is 3.77. The zero-order chi connectivity index (χ0) is 18.8. The van der Waals surface area contributed by atoms with Gasteiger partial charge in [-0.1, -0.05) is 32.0 Å². The molecule has 8 heteroatoms. The molecule has 1 aliphatic rings. The van der Waals surface area contributed by atoms with Crippen LogP contribution in [0.25, 0.3) is 0 Å². The lowest BCUT2D eigenvalue weighted by Gasteiger charge is -2.29. The van der Waals surface area contributed by atoms with Gasteiger partial charge in [-0.05, 0) is 24.5 Å². The second kappa shape index (κ2) is 7.13. The number of likely N-dealkylation sites (tertiary alicyclic amines) is 1. The summed E-state index contributed by atoms with van der Waals surface area (Å²) >= 11 is 0. The molecular formula is C17H24N2O5S. The van der Waals surface area contributed by atoms with E-state index in [1.54, 1.807) is 18.2 Å². The van der Waals surface area contributed by atoms with Gasteiger partial charge in [-0.2, -0.15) is 4.31 Å². The minimum atomic E-state index is -3.76. The molecule has 1 atom stereocenters. The molecule has 25 heavy (non-hydrogen) atoms. The number of carboxylic acid groups (broad SMARTS) is 1. The molecule has 0 bridgehead atoms. The van der Waals surface area contributed by atoms with E-state index in [-0.39, 0.29) is 29.8 Å². The molecule has 1 saturated heterocycles. The van der Waals surface area contributed by atoms with Crippen LogP contribution < -0.4 is 0 Å². The van der Waals surface area contributed by atoms with Crippen LogP contribution >= 0.6 is 0 Å². The normalized spacial score (nSPS) is 21.1. The van der Waals surface area contributed by atoms with Crippen LogP contribution in [0, 0.1) is 11.3 Å². The van der Waals surface area contributed by atoms with Crippen molar-refractivity contribution in [1.82, 2.24) is 9.21 Å². The van der Waals surface area contributed by atoms with Crippen molar-refractivity contribution in [1.29, 1.82) is 0 Å². The van der Waals surface area contributed by atoms with Crippen molar-refractivity contribution in [2.45, 2.75) is 25.2 Å². The van der Waals surface area contributed by atoms with Crippen LogP contribution in [0.4, 0.5) is 0 Å². The van der Waals surface area contributed by atoms with Gasteiger partial charge in [-0.15, -0.1) is 0 Å². The minimum absolute atomic E-state index is 0.109. The molecule has 1 heterocycles. The summed E-state index contributed by atoms with van der Waals surface area (Å²) in [7, 11) is -2.41. The summed E-state index contributed by atoms with van der Waals surface area (Å²) in [5, 5.41) is 9.55. The number of hydrogen-bond donors (Lipinski definition) is 1. The SMILES string of the molecule is CC(C)C1(C(=O)O)CCN(C(=O)CN(C)S(=O)(=O)c2ccccc2)C1. The molecule has 1 amide bonds. The lowest BCUT2D eigenvalue weighted by Crippen LogP contribution is -2.44. The Morgan fingerprint density at radius 2 is 1.88 bits per heavy atom. The van der Waals surface area contributed by atoms with Crippen LogP contribution in [-0.2, 0) is 19.6 Å². The monoisotopic (exact) mass is 368 g/mol. The number of carbonyl (C=O) groups excluding carboxylic acids is 1.